The molecule has 0 spiro atoms. The van der Waals surface area contributed by atoms with Crippen LogP contribution < -0.4 is 14.8 Å². The van der Waals surface area contributed by atoms with Crippen LogP contribution in [0.3, 0.4) is 0 Å². The molecule has 6 rings (SSSR count). The molecule has 2 aromatic heterocycles. The molecule has 11 heteroatoms. The molecule has 0 fully saturated rings. The summed E-state index contributed by atoms with van der Waals surface area (Å²) in [5.41, 5.74) is 3.23. The lowest BCUT2D eigenvalue weighted by molar-refractivity contribution is -0.140. The minimum absolute atomic E-state index is 0.116. The molecular weight excluding hydrogens is 532 g/mol. The van der Waals surface area contributed by atoms with Crippen LogP contribution in [0.1, 0.15) is 17.2 Å². The molecule has 0 aliphatic carbocycles. The zero-order valence-corrected chi connectivity index (χ0v) is 21.9. The Bertz CT molecular complexity index is 1680. The third-order valence-corrected chi connectivity index (χ3v) is 6.74. The number of pyridine rings is 1. The van der Waals surface area contributed by atoms with Crippen LogP contribution in [0.25, 0.3) is 11.0 Å². The van der Waals surface area contributed by atoms with Crippen molar-refractivity contribution in [2.45, 2.75) is 19.1 Å². The topological polar surface area (TPSA) is 111 Å². The van der Waals surface area contributed by atoms with Gasteiger partial charge in [0.05, 0.1) is 5.52 Å². The lowest BCUT2D eigenvalue weighted by Crippen LogP contribution is -2.42. The van der Waals surface area contributed by atoms with Crippen LogP contribution in [0.15, 0.2) is 91.3 Å². The van der Waals surface area contributed by atoms with E-state index in [9.17, 15) is 9.59 Å². The lowest BCUT2D eigenvalue weighted by Gasteiger charge is -2.31. The first-order chi connectivity index (χ1) is 19.5. The van der Waals surface area contributed by atoms with Gasteiger partial charge in [-0.1, -0.05) is 47.1 Å². The van der Waals surface area contributed by atoms with E-state index in [-0.39, 0.29) is 25.8 Å². The summed E-state index contributed by atoms with van der Waals surface area (Å²) in [7, 11) is 0. The fraction of sp³-hybridized carbons (Fsp3) is 0.138. The monoisotopic (exact) mass is 554 g/mol. The van der Waals surface area contributed by atoms with Gasteiger partial charge in [0, 0.05) is 35.7 Å². The molecule has 5 aromatic rings. The van der Waals surface area contributed by atoms with Crippen molar-refractivity contribution in [3.63, 3.8) is 0 Å². The van der Waals surface area contributed by atoms with E-state index >= 15 is 0 Å². The van der Waals surface area contributed by atoms with E-state index < -0.39 is 11.9 Å². The van der Waals surface area contributed by atoms with Gasteiger partial charge in [-0.25, -0.2) is 4.68 Å². The number of hydrogen-bond donors (Lipinski definition) is 1. The highest BCUT2D eigenvalue weighted by Crippen LogP contribution is 2.35. The number of nitrogens with one attached hydrogen (secondary N) is 1. The van der Waals surface area contributed by atoms with Gasteiger partial charge in [-0.2, -0.15) is 0 Å². The molecule has 1 aliphatic rings. The molecule has 1 atom stereocenters. The van der Waals surface area contributed by atoms with E-state index in [1.165, 1.54) is 9.58 Å². The molecule has 1 N–H and O–H groups in total. The molecule has 2 amide bonds. The van der Waals surface area contributed by atoms with Crippen molar-refractivity contribution in [2.24, 2.45) is 0 Å². The van der Waals surface area contributed by atoms with E-state index in [1.807, 2.05) is 30.3 Å². The second kappa shape index (κ2) is 11.0. The number of anilines is 1. The largest absolute Gasteiger partial charge is 0.454 e. The zero-order valence-electron chi connectivity index (χ0n) is 21.1. The van der Waals surface area contributed by atoms with E-state index in [1.54, 1.807) is 60.9 Å². The zero-order chi connectivity index (χ0) is 27.5. The molecule has 200 valence electrons. The molecule has 1 aliphatic heterocycles. The SMILES string of the molecule is O=C(Nc1ccc2c(c1)OCO2)C(c1ccc(Cl)cc1)N(Cc1cccnc1)C(=O)Cn1nnc2ccccc21. The van der Waals surface area contributed by atoms with Gasteiger partial charge < -0.3 is 19.7 Å². The summed E-state index contributed by atoms with van der Waals surface area (Å²) in [4.78, 5) is 33.7. The Kier molecular flexibility index (Phi) is 6.98. The summed E-state index contributed by atoms with van der Waals surface area (Å²) in [6.07, 6.45) is 3.32. The number of carbonyl (C=O) groups is 2. The average molecular weight is 555 g/mol. The number of aromatic nitrogens is 4. The van der Waals surface area contributed by atoms with E-state index in [2.05, 4.69) is 20.6 Å². The molecule has 0 saturated heterocycles. The molecule has 10 nitrogen and oxygen atoms in total. The Morgan fingerprint density at radius 3 is 2.65 bits per heavy atom. The van der Waals surface area contributed by atoms with Crippen molar-refractivity contribution in [3.8, 4) is 11.5 Å². The Morgan fingerprint density at radius 2 is 1.82 bits per heavy atom. The summed E-state index contributed by atoms with van der Waals surface area (Å²) in [6.45, 7) is 0.119. The Hall–Kier alpha value is -4.96. The van der Waals surface area contributed by atoms with E-state index in [0.717, 1.165) is 5.56 Å². The number of fused-ring (bicyclic) bond motifs is 2. The summed E-state index contributed by atoms with van der Waals surface area (Å²) in [5.74, 6) is 0.380. The van der Waals surface area contributed by atoms with Gasteiger partial charge in [0.15, 0.2) is 11.5 Å². The number of halogens is 1. The summed E-state index contributed by atoms with van der Waals surface area (Å²) in [6, 6.07) is 22.0. The normalized spacial score (nSPS) is 12.7. The third kappa shape index (κ3) is 5.29. The molecule has 0 bridgehead atoms. The minimum Gasteiger partial charge on any atom is -0.454 e. The first kappa shape index (κ1) is 25.3. The van der Waals surface area contributed by atoms with Crippen LogP contribution in [0, 0.1) is 0 Å². The van der Waals surface area contributed by atoms with Crippen molar-refractivity contribution in [2.75, 3.05) is 12.1 Å². The predicted octanol–water partition coefficient (Wildman–Crippen LogP) is 4.62. The molecule has 0 saturated carbocycles. The van der Waals surface area contributed by atoms with Crippen LogP contribution in [-0.4, -0.2) is 43.5 Å². The molecule has 1 unspecified atom stereocenters. The number of amides is 2. The smallest absolute Gasteiger partial charge is 0.251 e. The standard InChI is InChI=1S/C29H23ClN6O4/c30-21-9-7-20(8-10-21)28(29(38)32-22-11-12-25-26(14-22)40-18-39-25)35(16-19-4-3-13-31-15-19)27(37)17-36-24-6-2-1-5-23(24)33-34-36/h1-15,28H,16-18H2,(H,32,38). The minimum atomic E-state index is -1.01. The number of rotatable bonds is 8. The maximum absolute atomic E-state index is 14.0. The van der Waals surface area contributed by atoms with Gasteiger partial charge in [-0.05, 0) is 53.6 Å². The quantitative estimate of drug-likeness (QED) is 0.298. The molecule has 40 heavy (non-hydrogen) atoms. The van der Waals surface area contributed by atoms with Gasteiger partial charge in [-0.15, -0.1) is 5.10 Å². The molecule has 3 heterocycles. The number of hydrogen-bond acceptors (Lipinski definition) is 7. The van der Waals surface area contributed by atoms with Gasteiger partial charge in [0.1, 0.15) is 18.1 Å². The number of benzene rings is 3. The number of carbonyl (C=O) groups excluding carboxylic acids is 2. The fourth-order valence-electron chi connectivity index (χ4n) is 4.57. The van der Waals surface area contributed by atoms with Gasteiger partial charge in [-0.3, -0.25) is 14.6 Å². The molecule has 0 radical (unpaired) electrons. The highest BCUT2D eigenvalue weighted by molar-refractivity contribution is 6.30. The van der Waals surface area contributed by atoms with Crippen molar-refractivity contribution in [1.82, 2.24) is 24.9 Å². The van der Waals surface area contributed by atoms with Crippen molar-refractivity contribution in [1.29, 1.82) is 0 Å². The van der Waals surface area contributed by atoms with Crippen LogP contribution in [0.5, 0.6) is 11.5 Å². The van der Waals surface area contributed by atoms with Crippen LogP contribution in [0.2, 0.25) is 5.02 Å². The predicted molar refractivity (Wildman–Crippen MR) is 148 cm³/mol. The van der Waals surface area contributed by atoms with Crippen molar-refractivity contribution in [3.05, 3.63) is 107 Å². The second-order valence-corrected chi connectivity index (χ2v) is 9.57. The summed E-state index contributed by atoms with van der Waals surface area (Å²) >= 11 is 6.17. The van der Waals surface area contributed by atoms with Gasteiger partial charge in [0.2, 0.25) is 12.7 Å². The van der Waals surface area contributed by atoms with Crippen LogP contribution in [-0.2, 0) is 22.7 Å². The first-order valence-corrected chi connectivity index (χ1v) is 12.9. The van der Waals surface area contributed by atoms with Gasteiger partial charge in [0.25, 0.3) is 5.91 Å². The fourth-order valence-corrected chi connectivity index (χ4v) is 4.69. The van der Waals surface area contributed by atoms with Crippen LogP contribution >= 0.6 is 11.6 Å². The van der Waals surface area contributed by atoms with Crippen molar-refractivity contribution >= 4 is 40.1 Å². The molecule has 3 aromatic carbocycles. The van der Waals surface area contributed by atoms with Gasteiger partial charge >= 0.3 is 0 Å². The van der Waals surface area contributed by atoms with E-state index in [4.69, 9.17) is 21.1 Å². The number of para-hydroxylation sites is 1. The van der Waals surface area contributed by atoms with E-state index in [0.29, 0.717) is 38.8 Å². The highest BCUT2D eigenvalue weighted by Gasteiger charge is 2.32. The third-order valence-electron chi connectivity index (χ3n) is 6.49. The maximum atomic E-state index is 14.0. The second-order valence-electron chi connectivity index (χ2n) is 9.13. The average Bonchev–Trinajstić information content (AvgIpc) is 3.61. The van der Waals surface area contributed by atoms with Crippen molar-refractivity contribution < 1.29 is 19.1 Å². The first-order valence-electron chi connectivity index (χ1n) is 12.5. The van der Waals surface area contributed by atoms with Crippen LogP contribution in [0.4, 0.5) is 5.69 Å². The highest BCUT2D eigenvalue weighted by atomic mass is 35.5. The Morgan fingerprint density at radius 1 is 1.00 bits per heavy atom. The molecular formula is C29H23ClN6O4. The number of nitrogens with zero attached hydrogens (tertiary/aromatic N) is 5. The summed E-state index contributed by atoms with van der Waals surface area (Å²) in [5, 5.41) is 11.8. The summed E-state index contributed by atoms with van der Waals surface area (Å²) < 4.78 is 12.4. The number of ether oxygens (including phenoxy) is 2. The Balaban J connectivity index is 1.37. The maximum Gasteiger partial charge on any atom is 0.251 e. The Labute approximate surface area is 234 Å². The lowest BCUT2D eigenvalue weighted by atomic mass is 10.0.